The highest BCUT2D eigenvalue weighted by Gasteiger charge is 2.45. The quantitative estimate of drug-likeness (QED) is 0.811. The number of anilines is 1. The molecule has 0 spiro atoms. The van der Waals surface area contributed by atoms with Crippen LogP contribution in [-0.4, -0.2) is 17.4 Å². The molecule has 4 nitrogen and oxygen atoms in total. The molecule has 1 aliphatic rings. The molecule has 1 aliphatic carbocycles. The van der Waals surface area contributed by atoms with Gasteiger partial charge < -0.3 is 11.1 Å². The lowest BCUT2D eigenvalue weighted by atomic mass is 10.1. The van der Waals surface area contributed by atoms with Crippen molar-refractivity contribution in [2.45, 2.75) is 20.3 Å². The predicted molar refractivity (Wildman–Crippen MR) is 67.9 cm³/mol. The zero-order valence-corrected chi connectivity index (χ0v) is 10.7. The molecule has 2 rings (SSSR count). The average Bonchev–Trinajstić information content (AvgIpc) is 2.81. The molecule has 1 fully saturated rings. The van der Waals surface area contributed by atoms with Crippen LogP contribution in [0.25, 0.3) is 0 Å². The van der Waals surface area contributed by atoms with Gasteiger partial charge in [-0.2, -0.15) is 0 Å². The maximum atomic E-state index is 11.8. The van der Waals surface area contributed by atoms with E-state index in [1.54, 1.807) is 0 Å². The van der Waals surface area contributed by atoms with Crippen molar-refractivity contribution in [3.63, 3.8) is 0 Å². The van der Waals surface area contributed by atoms with Crippen LogP contribution in [-0.2, 0) is 0 Å². The molecule has 1 heterocycles. The lowest BCUT2D eigenvalue weighted by Gasteiger charge is -2.07. The summed E-state index contributed by atoms with van der Waals surface area (Å²) in [7, 11) is 0. The van der Waals surface area contributed by atoms with Crippen LogP contribution in [0.2, 0.25) is 5.15 Å². The molecule has 1 aromatic heterocycles. The van der Waals surface area contributed by atoms with Crippen LogP contribution < -0.4 is 11.1 Å². The summed E-state index contributed by atoms with van der Waals surface area (Å²) in [5, 5.41) is 3.13. The first-order chi connectivity index (χ1) is 7.88. The number of aromatic nitrogens is 1. The summed E-state index contributed by atoms with van der Waals surface area (Å²) < 4.78 is 0. The van der Waals surface area contributed by atoms with Gasteiger partial charge in [-0.1, -0.05) is 25.4 Å². The molecule has 5 heteroatoms. The topological polar surface area (TPSA) is 68.0 Å². The fourth-order valence-corrected chi connectivity index (χ4v) is 2.11. The van der Waals surface area contributed by atoms with Crippen molar-refractivity contribution >= 4 is 23.3 Å². The van der Waals surface area contributed by atoms with E-state index in [1.807, 2.05) is 0 Å². The van der Waals surface area contributed by atoms with Gasteiger partial charge in [-0.3, -0.25) is 4.79 Å². The third-order valence-electron chi connectivity index (χ3n) is 3.30. The van der Waals surface area contributed by atoms with Gasteiger partial charge in [0.2, 0.25) is 0 Å². The lowest BCUT2D eigenvalue weighted by molar-refractivity contribution is 0.0950. The van der Waals surface area contributed by atoms with E-state index in [2.05, 4.69) is 24.1 Å². The maximum Gasteiger partial charge on any atom is 0.251 e. The monoisotopic (exact) mass is 253 g/mol. The van der Waals surface area contributed by atoms with E-state index in [1.165, 1.54) is 12.1 Å². The van der Waals surface area contributed by atoms with Crippen molar-refractivity contribution in [2.75, 3.05) is 12.3 Å². The molecule has 1 saturated carbocycles. The lowest BCUT2D eigenvalue weighted by Crippen LogP contribution is -2.26. The number of pyridine rings is 1. The van der Waals surface area contributed by atoms with Crippen molar-refractivity contribution < 1.29 is 4.79 Å². The molecule has 17 heavy (non-hydrogen) atoms. The zero-order chi connectivity index (χ0) is 12.6. The Morgan fingerprint density at radius 2 is 2.29 bits per heavy atom. The molecule has 0 bridgehead atoms. The Labute approximate surface area is 106 Å². The summed E-state index contributed by atoms with van der Waals surface area (Å²) >= 11 is 5.74. The van der Waals surface area contributed by atoms with E-state index in [-0.39, 0.29) is 16.9 Å². The molecular formula is C12H16ClN3O. The Kier molecular flexibility index (Phi) is 3.00. The number of nitrogens with one attached hydrogen (secondary N) is 1. The molecule has 0 saturated heterocycles. The van der Waals surface area contributed by atoms with Crippen molar-refractivity contribution in [2.24, 2.45) is 11.3 Å². The molecule has 0 aromatic carbocycles. The Balaban J connectivity index is 1.95. The summed E-state index contributed by atoms with van der Waals surface area (Å²) in [6, 6.07) is 3.05. The summed E-state index contributed by atoms with van der Waals surface area (Å²) in [6.07, 6.45) is 1.16. The van der Waals surface area contributed by atoms with Crippen LogP contribution in [0.1, 0.15) is 30.6 Å². The third kappa shape index (κ3) is 2.88. The second kappa shape index (κ2) is 4.18. The van der Waals surface area contributed by atoms with Crippen LogP contribution in [0, 0.1) is 11.3 Å². The molecule has 1 aromatic rings. The smallest absolute Gasteiger partial charge is 0.251 e. The summed E-state index contributed by atoms with van der Waals surface area (Å²) in [4.78, 5) is 15.6. The fourth-order valence-electron chi connectivity index (χ4n) is 1.89. The number of rotatable bonds is 3. The first kappa shape index (κ1) is 12.2. The van der Waals surface area contributed by atoms with Gasteiger partial charge in [-0.25, -0.2) is 4.98 Å². The minimum Gasteiger partial charge on any atom is -0.384 e. The highest BCUT2D eigenvalue weighted by Crippen LogP contribution is 2.50. The number of amides is 1. The van der Waals surface area contributed by atoms with Gasteiger partial charge in [0.15, 0.2) is 0 Å². The Bertz CT molecular complexity index is 439. The van der Waals surface area contributed by atoms with Crippen molar-refractivity contribution in [3.05, 3.63) is 22.8 Å². The van der Waals surface area contributed by atoms with Crippen LogP contribution in [0.5, 0.6) is 0 Å². The van der Waals surface area contributed by atoms with Gasteiger partial charge in [-0.15, -0.1) is 0 Å². The van der Waals surface area contributed by atoms with E-state index in [9.17, 15) is 4.79 Å². The Hall–Kier alpha value is -1.29. The van der Waals surface area contributed by atoms with E-state index in [0.29, 0.717) is 23.4 Å². The largest absolute Gasteiger partial charge is 0.384 e. The number of nitrogens with zero attached hydrogens (tertiary/aromatic N) is 1. The summed E-state index contributed by atoms with van der Waals surface area (Å²) in [5.74, 6) is 0.680. The van der Waals surface area contributed by atoms with E-state index < -0.39 is 0 Å². The van der Waals surface area contributed by atoms with Gasteiger partial charge >= 0.3 is 0 Å². The first-order valence-electron chi connectivity index (χ1n) is 5.60. The van der Waals surface area contributed by atoms with Gasteiger partial charge in [0.05, 0.1) is 0 Å². The van der Waals surface area contributed by atoms with Crippen LogP contribution in [0.3, 0.4) is 0 Å². The fraction of sp³-hybridized carbons (Fsp3) is 0.500. The van der Waals surface area contributed by atoms with Crippen molar-refractivity contribution in [1.82, 2.24) is 10.3 Å². The molecule has 1 unspecified atom stereocenters. The Morgan fingerprint density at radius 1 is 1.65 bits per heavy atom. The van der Waals surface area contributed by atoms with E-state index in [4.69, 9.17) is 17.3 Å². The summed E-state index contributed by atoms with van der Waals surface area (Å²) in [5.41, 5.74) is 6.36. The number of nitrogen functional groups attached to an aromatic ring is 1. The number of halogens is 1. The summed E-state index contributed by atoms with van der Waals surface area (Å²) in [6.45, 7) is 5.10. The van der Waals surface area contributed by atoms with Crippen molar-refractivity contribution in [3.8, 4) is 0 Å². The highest BCUT2D eigenvalue weighted by atomic mass is 35.5. The molecule has 1 amide bonds. The first-order valence-corrected chi connectivity index (χ1v) is 5.97. The number of hydrogen-bond acceptors (Lipinski definition) is 3. The van der Waals surface area contributed by atoms with Gasteiger partial charge in [0.1, 0.15) is 11.0 Å². The number of carbonyl (C=O) groups excluding carboxylic acids is 1. The molecular weight excluding hydrogens is 238 g/mol. The number of hydrogen-bond donors (Lipinski definition) is 2. The Morgan fingerprint density at radius 3 is 2.82 bits per heavy atom. The van der Waals surface area contributed by atoms with Crippen molar-refractivity contribution in [1.29, 1.82) is 0 Å². The van der Waals surface area contributed by atoms with Gasteiger partial charge in [-0.05, 0) is 29.9 Å². The minimum absolute atomic E-state index is 0.149. The second-order valence-corrected chi connectivity index (χ2v) is 5.59. The zero-order valence-electron chi connectivity index (χ0n) is 9.96. The number of carbonyl (C=O) groups is 1. The standard InChI is InChI=1S/C12H16ClN3O/c1-12(2)5-8(12)6-15-11(17)7-3-9(13)16-10(14)4-7/h3-4,8H,5-6H2,1-2H3,(H2,14,16)(H,15,17). The van der Waals surface area contributed by atoms with Crippen LogP contribution in [0.15, 0.2) is 12.1 Å². The van der Waals surface area contributed by atoms with E-state index >= 15 is 0 Å². The van der Waals surface area contributed by atoms with Crippen LogP contribution >= 0.6 is 11.6 Å². The molecule has 0 aliphatic heterocycles. The molecule has 1 atom stereocenters. The SMILES string of the molecule is CC1(C)CC1CNC(=O)c1cc(N)nc(Cl)c1. The maximum absolute atomic E-state index is 11.8. The minimum atomic E-state index is -0.149. The highest BCUT2D eigenvalue weighted by molar-refractivity contribution is 6.29. The molecule has 3 N–H and O–H groups in total. The molecule has 0 radical (unpaired) electrons. The normalized spacial score (nSPS) is 21.0. The van der Waals surface area contributed by atoms with E-state index in [0.717, 1.165) is 6.42 Å². The van der Waals surface area contributed by atoms with Gasteiger partial charge in [0, 0.05) is 12.1 Å². The predicted octanol–water partition coefficient (Wildman–Crippen LogP) is 2.09. The molecule has 92 valence electrons. The average molecular weight is 254 g/mol. The number of nitrogens with two attached hydrogens (primary N) is 1. The van der Waals surface area contributed by atoms with Gasteiger partial charge in [0.25, 0.3) is 5.91 Å². The third-order valence-corrected chi connectivity index (χ3v) is 3.50. The second-order valence-electron chi connectivity index (χ2n) is 5.20. The van der Waals surface area contributed by atoms with Crippen LogP contribution in [0.4, 0.5) is 5.82 Å².